The van der Waals surface area contributed by atoms with Crippen LogP contribution in [0.2, 0.25) is 5.02 Å². The summed E-state index contributed by atoms with van der Waals surface area (Å²) in [6.07, 6.45) is 4.77. The Balaban J connectivity index is 1.55. The molecule has 1 aromatic heterocycles. The molecule has 0 N–H and O–H groups in total. The van der Waals surface area contributed by atoms with Gasteiger partial charge in [0.05, 0.1) is 11.4 Å². The molecule has 0 spiro atoms. The topological polar surface area (TPSA) is 74.3 Å². The second-order valence-electron chi connectivity index (χ2n) is 7.18. The second-order valence-corrected chi connectivity index (χ2v) is 7.58. The highest BCUT2D eigenvalue weighted by Crippen LogP contribution is 2.24. The van der Waals surface area contributed by atoms with E-state index in [0.29, 0.717) is 16.3 Å². The SMILES string of the molecule is CC(=NOCc1c(Cl)cccc1-n1nnn(C)c1=O)c1ccc2c(c1)CCCC2. The standard InChI is InChI=1S/C21H22ClN5O2/c1-14(16-11-10-15-6-3-4-7-17(15)12-16)23-29-13-18-19(22)8-5-9-20(18)27-21(28)26(2)24-25-27/h5,8-12H,3-4,6-7,13H2,1-2H3. The van der Waals surface area contributed by atoms with E-state index >= 15 is 0 Å². The van der Waals surface area contributed by atoms with Gasteiger partial charge < -0.3 is 4.84 Å². The first-order valence-corrected chi connectivity index (χ1v) is 9.98. The minimum atomic E-state index is -0.359. The summed E-state index contributed by atoms with van der Waals surface area (Å²) in [7, 11) is 1.54. The molecule has 1 aliphatic carbocycles. The summed E-state index contributed by atoms with van der Waals surface area (Å²) in [6.45, 7) is 2.03. The van der Waals surface area contributed by atoms with Gasteiger partial charge in [0, 0.05) is 17.6 Å². The number of tetrazole rings is 1. The van der Waals surface area contributed by atoms with Crippen LogP contribution in [0.15, 0.2) is 46.3 Å². The van der Waals surface area contributed by atoms with Crippen LogP contribution in [0.25, 0.3) is 5.69 Å². The first kappa shape index (κ1) is 19.4. The number of benzene rings is 2. The van der Waals surface area contributed by atoms with Crippen LogP contribution in [0.1, 0.15) is 42.0 Å². The molecule has 0 unspecified atom stereocenters. The van der Waals surface area contributed by atoms with Crippen LogP contribution in [-0.2, 0) is 31.3 Å². The fourth-order valence-corrected chi connectivity index (χ4v) is 3.78. The van der Waals surface area contributed by atoms with Crippen molar-refractivity contribution in [1.29, 1.82) is 0 Å². The number of aromatic nitrogens is 4. The molecule has 1 heterocycles. The first-order chi connectivity index (χ1) is 14.0. The molecular formula is C21H22ClN5O2. The van der Waals surface area contributed by atoms with Crippen LogP contribution in [0.3, 0.4) is 0 Å². The van der Waals surface area contributed by atoms with Crippen LogP contribution < -0.4 is 5.69 Å². The fourth-order valence-electron chi connectivity index (χ4n) is 3.56. The highest BCUT2D eigenvalue weighted by Gasteiger charge is 2.15. The Labute approximate surface area is 173 Å². The van der Waals surface area contributed by atoms with Gasteiger partial charge in [-0.25, -0.2) is 4.79 Å². The number of hydrogen-bond donors (Lipinski definition) is 0. The lowest BCUT2D eigenvalue weighted by Crippen LogP contribution is -2.23. The summed E-state index contributed by atoms with van der Waals surface area (Å²) in [5.74, 6) is 0. The maximum Gasteiger partial charge on any atom is 0.368 e. The molecule has 0 atom stereocenters. The summed E-state index contributed by atoms with van der Waals surface area (Å²) in [6, 6.07) is 11.7. The molecule has 8 heteroatoms. The lowest BCUT2D eigenvalue weighted by atomic mass is 9.90. The van der Waals surface area contributed by atoms with E-state index in [1.54, 1.807) is 25.2 Å². The molecule has 150 valence electrons. The smallest absolute Gasteiger partial charge is 0.368 e. The zero-order valence-corrected chi connectivity index (χ0v) is 17.2. The minimum absolute atomic E-state index is 0.111. The van der Waals surface area contributed by atoms with Crippen molar-refractivity contribution >= 4 is 17.3 Å². The maximum atomic E-state index is 12.2. The van der Waals surface area contributed by atoms with Crippen molar-refractivity contribution in [2.45, 2.75) is 39.2 Å². The van der Waals surface area contributed by atoms with E-state index in [2.05, 4.69) is 33.8 Å². The Kier molecular flexibility index (Phi) is 5.49. The Morgan fingerprint density at radius 3 is 2.72 bits per heavy atom. The quantitative estimate of drug-likeness (QED) is 0.476. The van der Waals surface area contributed by atoms with Crippen LogP contribution in [0.5, 0.6) is 0 Å². The monoisotopic (exact) mass is 411 g/mol. The largest absolute Gasteiger partial charge is 0.391 e. The number of hydrogen-bond acceptors (Lipinski definition) is 5. The lowest BCUT2D eigenvalue weighted by molar-refractivity contribution is 0.130. The minimum Gasteiger partial charge on any atom is -0.391 e. The van der Waals surface area contributed by atoms with Crippen LogP contribution in [-0.4, -0.2) is 25.5 Å². The summed E-state index contributed by atoms with van der Waals surface area (Å²) >= 11 is 6.35. The molecule has 0 bridgehead atoms. The van der Waals surface area contributed by atoms with Gasteiger partial charge >= 0.3 is 5.69 Å². The third kappa shape index (κ3) is 3.96. The molecule has 1 aliphatic rings. The van der Waals surface area contributed by atoms with Crippen molar-refractivity contribution in [1.82, 2.24) is 19.8 Å². The summed E-state index contributed by atoms with van der Waals surface area (Å²) in [4.78, 5) is 17.8. The zero-order chi connectivity index (χ0) is 20.4. The van der Waals surface area contributed by atoms with Crippen molar-refractivity contribution in [2.75, 3.05) is 0 Å². The van der Waals surface area contributed by atoms with Gasteiger partial charge in [-0.3, -0.25) is 0 Å². The molecule has 0 aliphatic heterocycles. The second kappa shape index (κ2) is 8.21. The van der Waals surface area contributed by atoms with Gasteiger partial charge in [0.2, 0.25) is 0 Å². The highest BCUT2D eigenvalue weighted by molar-refractivity contribution is 6.31. The predicted molar refractivity (Wildman–Crippen MR) is 112 cm³/mol. The van der Waals surface area contributed by atoms with Gasteiger partial charge in [-0.2, -0.15) is 9.36 Å². The number of rotatable bonds is 5. The van der Waals surface area contributed by atoms with Crippen LogP contribution >= 0.6 is 11.6 Å². The molecule has 0 radical (unpaired) electrons. The van der Waals surface area contributed by atoms with Gasteiger partial charge in [0.25, 0.3) is 0 Å². The Morgan fingerprint density at radius 2 is 1.97 bits per heavy atom. The van der Waals surface area contributed by atoms with E-state index in [9.17, 15) is 4.79 Å². The zero-order valence-electron chi connectivity index (χ0n) is 16.4. The fraction of sp³-hybridized carbons (Fsp3) is 0.333. The Hall–Kier alpha value is -2.93. The summed E-state index contributed by atoms with van der Waals surface area (Å²) in [5, 5.41) is 12.4. The van der Waals surface area contributed by atoms with Gasteiger partial charge in [-0.1, -0.05) is 35.0 Å². The van der Waals surface area contributed by atoms with Crippen molar-refractivity contribution < 1.29 is 4.84 Å². The molecule has 0 amide bonds. The maximum absolute atomic E-state index is 12.2. The molecule has 0 saturated heterocycles. The molecule has 29 heavy (non-hydrogen) atoms. The number of aryl methyl sites for hydroxylation is 3. The highest BCUT2D eigenvalue weighted by atomic mass is 35.5. The van der Waals surface area contributed by atoms with Crippen LogP contribution in [0, 0.1) is 0 Å². The lowest BCUT2D eigenvalue weighted by Gasteiger charge is -2.16. The van der Waals surface area contributed by atoms with E-state index in [1.165, 1.54) is 28.7 Å². The molecule has 2 aromatic carbocycles. The molecule has 3 aromatic rings. The van der Waals surface area contributed by atoms with Gasteiger partial charge in [-0.15, -0.1) is 0 Å². The molecular weight excluding hydrogens is 390 g/mol. The van der Waals surface area contributed by atoms with Gasteiger partial charge in [0.1, 0.15) is 6.61 Å². The Morgan fingerprint density at radius 1 is 1.17 bits per heavy atom. The van der Waals surface area contributed by atoms with Gasteiger partial charge in [0.15, 0.2) is 0 Å². The van der Waals surface area contributed by atoms with Crippen molar-refractivity contribution in [2.24, 2.45) is 12.2 Å². The Bertz CT molecular complexity index is 1130. The molecule has 0 saturated carbocycles. The third-order valence-corrected chi connectivity index (χ3v) is 5.57. The van der Waals surface area contributed by atoms with E-state index in [0.717, 1.165) is 28.8 Å². The number of nitrogens with zero attached hydrogens (tertiary/aromatic N) is 5. The van der Waals surface area contributed by atoms with Crippen molar-refractivity contribution in [3.05, 3.63) is 74.2 Å². The van der Waals surface area contributed by atoms with Crippen molar-refractivity contribution in [3.8, 4) is 5.69 Å². The molecule has 4 rings (SSSR count). The number of fused-ring (bicyclic) bond motifs is 1. The molecule has 7 nitrogen and oxygen atoms in total. The van der Waals surface area contributed by atoms with Gasteiger partial charge in [-0.05, 0) is 77.9 Å². The van der Waals surface area contributed by atoms with E-state index < -0.39 is 0 Å². The average Bonchev–Trinajstić information content (AvgIpc) is 3.07. The number of halogens is 1. The predicted octanol–water partition coefficient (Wildman–Crippen LogP) is 3.44. The first-order valence-electron chi connectivity index (χ1n) is 9.60. The van der Waals surface area contributed by atoms with Crippen LogP contribution in [0.4, 0.5) is 0 Å². The third-order valence-electron chi connectivity index (χ3n) is 5.22. The van der Waals surface area contributed by atoms with E-state index in [1.807, 2.05) is 6.92 Å². The average molecular weight is 412 g/mol. The summed E-state index contributed by atoms with van der Waals surface area (Å²) in [5.41, 5.74) is 5.47. The van der Waals surface area contributed by atoms with E-state index in [-0.39, 0.29) is 12.3 Å². The molecule has 0 fully saturated rings. The van der Waals surface area contributed by atoms with E-state index in [4.69, 9.17) is 16.4 Å². The normalized spacial score (nSPS) is 14.0. The number of oxime groups is 1. The van der Waals surface area contributed by atoms with Crippen molar-refractivity contribution in [3.63, 3.8) is 0 Å². The summed E-state index contributed by atoms with van der Waals surface area (Å²) < 4.78 is 2.36.